The van der Waals surface area contributed by atoms with Gasteiger partial charge < -0.3 is 9.80 Å². The van der Waals surface area contributed by atoms with Crippen LogP contribution in [0.5, 0.6) is 0 Å². The third kappa shape index (κ3) is 4.90. The highest BCUT2D eigenvalue weighted by Gasteiger charge is 2.34. The van der Waals surface area contributed by atoms with E-state index in [1.807, 2.05) is 47.5 Å². The van der Waals surface area contributed by atoms with E-state index in [9.17, 15) is 4.79 Å². The van der Waals surface area contributed by atoms with Crippen LogP contribution in [0.15, 0.2) is 48.7 Å². The predicted octanol–water partition coefficient (Wildman–Crippen LogP) is 4.00. The fraction of sp³-hybridized carbons (Fsp3) is 0.478. The summed E-state index contributed by atoms with van der Waals surface area (Å²) in [5.74, 6) is 1.25. The first-order chi connectivity index (χ1) is 14.1. The monoisotopic (exact) mass is 412 g/mol. The smallest absolute Gasteiger partial charge is 0.223 e. The molecule has 1 aromatic heterocycles. The molecule has 1 aromatic carbocycles. The van der Waals surface area contributed by atoms with Gasteiger partial charge in [-0.2, -0.15) is 0 Å². The van der Waals surface area contributed by atoms with Crippen LogP contribution in [-0.2, 0) is 4.79 Å². The third-order valence-corrected chi connectivity index (χ3v) is 6.40. The molecule has 1 saturated carbocycles. The van der Waals surface area contributed by atoms with Gasteiger partial charge in [-0.3, -0.25) is 9.69 Å². The number of hydrogen-bond acceptors (Lipinski definition) is 4. The van der Waals surface area contributed by atoms with Crippen molar-refractivity contribution in [1.29, 1.82) is 0 Å². The van der Waals surface area contributed by atoms with Crippen LogP contribution in [0.2, 0.25) is 5.02 Å². The number of aromatic nitrogens is 1. The van der Waals surface area contributed by atoms with Crippen molar-refractivity contribution in [2.24, 2.45) is 0 Å². The Morgan fingerprint density at radius 2 is 1.86 bits per heavy atom. The van der Waals surface area contributed by atoms with Crippen LogP contribution in [0, 0.1) is 0 Å². The molecule has 0 spiro atoms. The average molecular weight is 413 g/mol. The zero-order chi connectivity index (χ0) is 20.2. The van der Waals surface area contributed by atoms with Gasteiger partial charge in [0.25, 0.3) is 0 Å². The Morgan fingerprint density at radius 3 is 2.52 bits per heavy atom. The number of rotatable bonds is 7. The number of piperazine rings is 1. The van der Waals surface area contributed by atoms with E-state index in [2.05, 4.69) is 27.8 Å². The lowest BCUT2D eigenvalue weighted by molar-refractivity contribution is -0.132. The molecule has 0 N–H and O–H groups in total. The number of halogens is 1. The van der Waals surface area contributed by atoms with Crippen molar-refractivity contribution >= 4 is 23.3 Å². The number of benzene rings is 1. The van der Waals surface area contributed by atoms with Gasteiger partial charge in [0.2, 0.25) is 5.91 Å². The lowest BCUT2D eigenvalue weighted by Gasteiger charge is -2.36. The second-order valence-electron chi connectivity index (χ2n) is 7.97. The molecule has 2 heterocycles. The van der Waals surface area contributed by atoms with Gasteiger partial charge in [-0.05, 0) is 43.5 Å². The summed E-state index contributed by atoms with van der Waals surface area (Å²) < 4.78 is 0. The first-order valence-corrected chi connectivity index (χ1v) is 10.9. The number of carbonyl (C=O) groups is 1. The van der Waals surface area contributed by atoms with Crippen molar-refractivity contribution < 1.29 is 4.79 Å². The standard InChI is InChI=1S/C23H29ClN4O/c1-18(20-6-2-3-7-21(20)24)28(19-9-10-19)13-11-23(29)27-16-14-26(15-17-27)22-8-4-5-12-25-22/h2-8,12,18-19H,9-11,13-17H2,1H3. The molecule has 2 fully saturated rings. The van der Waals surface area contributed by atoms with Crippen molar-refractivity contribution in [2.75, 3.05) is 37.6 Å². The van der Waals surface area contributed by atoms with Crippen LogP contribution in [0.4, 0.5) is 5.82 Å². The predicted molar refractivity (Wildman–Crippen MR) is 117 cm³/mol. The summed E-state index contributed by atoms with van der Waals surface area (Å²) in [7, 11) is 0. The van der Waals surface area contributed by atoms with Crippen LogP contribution < -0.4 is 4.90 Å². The summed E-state index contributed by atoms with van der Waals surface area (Å²) >= 11 is 6.43. The number of pyridine rings is 1. The highest BCUT2D eigenvalue weighted by molar-refractivity contribution is 6.31. The zero-order valence-electron chi connectivity index (χ0n) is 17.0. The lowest BCUT2D eigenvalue weighted by Crippen LogP contribution is -2.49. The number of nitrogens with zero attached hydrogens (tertiary/aromatic N) is 4. The maximum absolute atomic E-state index is 12.9. The molecular weight excluding hydrogens is 384 g/mol. The number of anilines is 1. The highest BCUT2D eigenvalue weighted by atomic mass is 35.5. The molecule has 6 heteroatoms. The van der Waals surface area contributed by atoms with Gasteiger partial charge in [-0.15, -0.1) is 0 Å². The summed E-state index contributed by atoms with van der Waals surface area (Å²) in [4.78, 5) is 24.0. The van der Waals surface area contributed by atoms with Crippen molar-refractivity contribution in [1.82, 2.24) is 14.8 Å². The molecule has 1 unspecified atom stereocenters. The summed E-state index contributed by atoms with van der Waals surface area (Å²) in [5, 5.41) is 0.808. The zero-order valence-corrected chi connectivity index (χ0v) is 17.8. The van der Waals surface area contributed by atoms with Crippen LogP contribution in [0.1, 0.15) is 37.8 Å². The minimum absolute atomic E-state index is 0.227. The SMILES string of the molecule is CC(c1ccccc1Cl)N(CCC(=O)N1CCN(c2ccccn2)CC1)C1CC1. The van der Waals surface area contributed by atoms with Crippen LogP contribution >= 0.6 is 11.6 Å². The normalized spacial score (nSPS) is 18.2. The van der Waals surface area contributed by atoms with E-state index in [-0.39, 0.29) is 11.9 Å². The van der Waals surface area contributed by atoms with Crippen LogP contribution in [0.3, 0.4) is 0 Å². The van der Waals surface area contributed by atoms with Gasteiger partial charge in [0.15, 0.2) is 0 Å². The van der Waals surface area contributed by atoms with E-state index in [1.165, 1.54) is 12.8 Å². The average Bonchev–Trinajstić information content (AvgIpc) is 3.60. The molecule has 1 atom stereocenters. The topological polar surface area (TPSA) is 39.7 Å². The van der Waals surface area contributed by atoms with Gasteiger partial charge >= 0.3 is 0 Å². The number of carbonyl (C=O) groups excluding carboxylic acids is 1. The molecule has 1 aliphatic carbocycles. The van der Waals surface area contributed by atoms with Crippen molar-refractivity contribution in [2.45, 2.75) is 38.3 Å². The maximum Gasteiger partial charge on any atom is 0.223 e. The molecule has 5 nitrogen and oxygen atoms in total. The van der Waals surface area contributed by atoms with Gasteiger partial charge in [0.05, 0.1) is 0 Å². The van der Waals surface area contributed by atoms with Gasteiger partial charge in [0.1, 0.15) is 5.82 Å². The fourth-order valence-electron chi connectivity index (χ4n) is 4.20. The van der Waals surface area contributed by atoms with E-state index in [0.29, 0.717) is 12.5 Å². The number of amides is 1. The Kier molecular flexibility index (Phi) is 6.36. The quantitative estimate of drug-likeness (QED) is 0.689. The van der Waals surface area contributed by atoms with Gasteiger partial charge in [-0.1, -0.05) is 35.9 Å². The molecule has 1 amide bonds. The van der Waals surface area contributed by atoms with Crippen LogP contribution in [0.25, 0.3) is 0 Å². The van der Waals surface area contributed by atoms with Crippen LogP contribution in [-0.4, -0.2) is 59.5 Å². The maximum atomic E-state index is 12.9. The van der Waals surface area contributed by atoms with E-state index in [0.717, 1.165) is 49.1 Å². The third-order valence-electron chi connectivity index (χ3n) is 6.06. The second kappa shape index (κ2) is 9.14. The van der Waals surface area contributed by atoms with E-state index < -0.39 is 0 Å². The van der Waals surface area contributed by atoms with Gasteiger partial charge in [0, 0.05) is 62.4 Å². The number of hydrogen-bond donors (Lipinski definition) is 0. The molecule has 1 aliphatic heterocycles. The minimum Gasteiger partial charge on any atom is -0.353 e. The van der Waals surface area contributed by atoms with E-state index >= 15 is 0 Å². The summed E-state index contributed by atoms with van der Waals surface area (Å²) in [5.41, 5.74) is 1.15. The Hall–Kier alpha value is -2.11. The van der Waals surface area contributed by atoms with Crippen molar-refractivity contribution in [3.8, 4) is 0 Å². The molecule has 154 valence electrons. The molecule has 0 radical (unpaired) electrons. The molecule has 0 bridgehead atoms. The molecule has 4 rings (SSSR count). The van der Waals surface area contributed by atoms with Gasteiger partial charge in [-0.25, -0.2) is 4.98 Å². The largest absolute Gasteiger partial charge is 0.353 e. The Labute approximate surface area is 178 Å². The fourth-order valence-corrected chi connectivity index (χ4v) is 4.49. The summed E-state index contributed by atoms with van der Waals surface area (Å²) in [6.45, 7) is 6.19. The summed E-state index contributed by atoms with van der Waals surface area (Å²) in [6.07, 6.45) is 4.81. The molecule has 1 saturated heterocycles. The van der Waals surface area contributed by atoms with Crippen molar-refractivity contribution in [3.63, 3.8) is 0 Å². The van der Waals surface area contributed by atoms with E-state index in [1.54, 1.807) is 0 Å². The molecule has 29 heavy (non-hydrogen) atoms. The summed E-state index contributed by atoms with van der Waals surface area (Å²) in [6, 6.07) is 14.8. The molecular formula is C23H29ClN4O. The molecule has 2 aliphatic rings. The second-order valence-corrected chi connectivity index (χ2v) is 8.38. The first kappa shape index (κ1) is 20.2. The lowest BCUT2D eigenvalue weighted by atomic mass is 10.1. The Morgan fingerprint density at radius 1 is 1.14 bits per heavy atom. The minimum atomic E-state index is 0.227. The molecule has 2 aromatic rings. The Balaban J connectivity index is 1.31. The highest BCUT2D eigenvalue weighted by Crippen LogP contribution is 2.36. The van der Waals surface area contributed by atoms with E-state index in [4.69, 9.17) is 11.6 Å². The Bertz CT molecular complexity index is 819. The van der Waals surface area contributed by atoms with Crippen molar-refractivity contribution in [3.05, 3.63) is 59.2 Å². The first-order valence-electron chi connectivity index (χ1n) is 10.6.